The first-order chi connectivity index (χ1) is 22.3. The molecule has 0 spiro atoms. The minimum absolute atomic E-state index is 0.738. The van der Waals surface area contributed by atoms with E-state index >= 15 is 0 Å². The van der Waals surface area contributed by atoms with E-state index in [4.69, 9.17) is 9.97 Å². The van der Waals surface area contributed by atoms with Crippen LogP contribution in [0.15, 0.2) is 158 Å². The van der Waals surface area contributed by atoms with E-state index < -0.39 is 0 Å². The summed E-state index contributed by atoms with van der Waals surface area (Å²) in [5.74, 6) is 0.738. The summed E-state index contributed by atoms with van der Waals surface area (Å²) < 4.78 is 1.25. The quantitative estimate of drug-likeness (QED) is 0.204. The molecule has 2 nitrogen and oxygen atoms in total. The van der Waals surface area contributed by atoms with Crippen molar-refractivity contribution < 1.29 is 0 Å². The topological polar surface area (TPSA) is 25.8 Å². The molecule has 0 N–H and O–H groups in total. The van der Waals surface area contributed by atoms with E-state index in [9.17, 15) is 0 Å². The lowest BCUT2D eigenvalue weighted by atomic mass is 9.97. The molecule has 0 saturated carbocycles. The van der Waals surface area contributed by atoms with Crippen LogP contribution >= 0.6 is 11.3 Å². The maximum atomic E-state index is 5.39. The van der Waals surface area contributed by atoms with Crippen molar-refractivity contribution in [2.24, 2.45) is 0 Å². The summed E-state index contributed by atoms with van der Waals surface area (Å²) in [6.07, 6.45) is 0. The van der Waals surface area contributed by atoms with E-state index in [0.717, 1.165) is 38.4 Å². The molecular formula is C42H26N2S. The summed E-state index contributed by atoms with van der Waals surface area (Å²) in [7, 11) is 0. The molecule has 0 aliphatic carbocycles. The van der Waals surface area contributed by atoms with Crippen molar-refractivity contribution in [2.45, 2.75) is 0 Å². The van der Waals surface area contributed by atoms with Gasteiger partial charge in [0.25, 0.3) is 0 Å². The minimum Gasteiger partial charge on any atom is -0.227 e. The van der Waals surface area contributed by atoms with Crippen LogP contribution in [0, 0.1) is 0 Å². The molecule has 0 aliphatic rings. The van der Waals surface area contributed by atoms with E-state index in [-0.39, 0.29) is 0 Å². The van der Waals surface area contributed by atoms with Crippen LogP contribution in [-0.4, -0.2) is 9.97 Å². The van der Waals surface area contributed by atoms with Crippen molar-refractivity contribution in [3.05, 3.63) is 158 Å². The van der Waals surface area contributed by atoms with Gasteiger partial charge in [0.1, 0.15) is 4.83 Å². The zero-order valence-electron chi connectivity index (χ0n) is 24.3. The lowest BCUT2D eigenvalue weighted by Crippen LogP contribution is -1.94. The zero-order valence-corrected chi connectivity index (χ0v) is 25.1. The molecular weight excluding hydrogens is 565 g/mol. The molecule has 3 heteroatoms. The minimum atomic E-state index is 0.738. The first kappa shape index (κ1) is 25.8. The first-order valence-electron chi connectivity index (χ1n) is 15.2. The molecule has 0 radical (unpaired) electrons. The molecule has 0 atom stereocenters. The van der Waals surface area contributed by atoms with Crippen molar-refractivity contribution in [2.75, 3.05) is 0 Å². The number of benzene rings is 7. The number of thiophene rings is 1. The average Bonchev–Trinajstić information content (AvgIpc) is 3.51. The monoisotopic (exact) mass is 590 g/mol. The molecule has 45 heavy (non-hydrogen) atoms. The van der Waals surface area contributed by atoms with Crippen molar-refractivity contribution in [3.63, 3.8) is 0 Å². The number of fused-ring (bicyclic) bond motifs is 6. The van der Waals surface area contributed by atoms with Crippen LogP contribution in [0.3, 0.4) is 0 Å². The SMILES string of the molecule is c1ccc(-c2cccc(-c3cccc(-c4nc(-c5cccc6ccccc56)c5c(n4)sc4c6ccccc6ccc45)c3)c2)cc1. The molecule has 2 aromatic heterocycles. The van der Waals surface area contributed by atoms with Crippen LogP contribution in [0.2, 0.25) is 0 Å². The van der Waals surface area contributed by atoms with Crippen LogP contribution in [0.5, 0.6) is 0 Å². The summed E-state index contributed by atoms with van der Waals surface area (Å²) in [6.45, 7) is 0. The molecule has 9 aromatic rings. The Morgan fingerprint density at radius 1 is 0.400 bits per heavy atom. The van der Waals surface area contributed by atoms with Crippen LogP contribution in [0.4, 0.5) is 0 Å². The van der Waals surface area contributed by atoms with Crippen molar-refractivity contribution in [3.8, 4) is 44.9 Å². The molecule has 0 aliphatic heterocycles. The standard InChI is InChI=1S/C42H26N2S/c1-2-11-27(12-3-1)30-16-8-17-31(25-30)32-18-9-19-33(26-32)41-43-39(36-22-10-15-28-13-4-6-20-34(28)36)38-37-24-23-29-14-5-7-21-35(29)40(37)45-42(38)44-41/h1-26H. The summed E-state index contributed by atoms with van der Waals surface area (Å²) in [4.78, 5) is 11.7. The normalized spacial score (nSPS) is 11.6. The fraction of sp³-hybridized carbons (Fsp3) is 0. The number of aromatic nitrogens is 2. The van der Waals surface area contributed by atoms with Gasteiger partial charge in [-0.05, 0) is 55.9 Å². The van der Waals surface area contributed by atoms with Gasteiger partial charge in [-0.15, -0.1) is 11.3 Å². The molecule has 0 fully saturated rings. The van der Waals surface area contributed by atoms with Gasteiger partial charge in [-0.25, -0.2) is 9.97 Å². The van der Waals surface area contributed by atoms with Gasteiger partial charge < -0.3 is 0 Å². The van der Waals surface area contributed by atoms with Gasteiger partial charge in [0.2, 0.25) is 0 Å². The Labute approximate surface area is 264 Å². The second-order valence-corrected chi connectivity index (χ2v) is 12.4. The largest absolute Gasteiger partial charge is 0.227 e. The zero-order chi connectivity index (χ0) is 29.7. The van der Waals surface area contributed by atoms with Gasteiger partial charge in [-0.3, -0.25) is 0 Å². The smallest absolute Gasteiger partial charge is 0.161 e. The maximum absolute atomic E-state index is 5.39. The highest BCUT2D eigenvalue weighted by Gasteiger charge is 2.19. The van der Waals surface area contributed by atoms with Gasteiger partial charge in [0, 0.05) is 26.6 Å². The molecule has 0 unspecified atom stereocenters. The van der Waals surface area contributed by atoms with E-state index in [2.05, 4.69) is 158 Å². The van der Waals surface area contributed by atoms with Gasteiger partial charge in [-0.2, -0.15) is 0 Å². The maximum Gasteiger partial charge on any atom is 0.161 e. The predicted molar refractivity (Wildman–Crippen MR) is 192 cm³/mol. The average molecular weight is 591 g/mol. The van der Waals surface area contributed by atoms with Crippen molar-refractivity contribution in [1.82, 2.24) is 9.97 Å². The molecule has 9 rings (SSSR count). The Hall–Kier alpha value is -5.64. The van der Waals surface area contributed by atoms with Gasteiger partial charge in [-0.1, -0.05) is 146 Å². The van der Waals surface area contributed by atoms with E-state index in [1.54, 1.807) is 11.3 Å². The van der Waals surface area contributed by atoms with Crippen molar-refractivity contribution in [1.29, 1.82) is 0 Å². The van der Waals surface area contributed by atoms with Gasteiger partial charge >= 0.3 is 0 Å². The van der Waals surface area contributed by atoms with E-state index in [1.165, 1.54) is 48.3 Å². The third-order valence-electron chi connectivity index (χ3n) is 8.69. The van der Waals surface area contributed by atoms with Crippen LogP contribution in [0.25, 0.3) is 86.7 Å². The van der Waals surface area contributed by atoms with Gasteiger partial charge in [0.15, 0.2) is 5.82 Å². The fourth-order valence-electron chi connectivity index (χ4n) is 6.51. The molecule has 0 bridgehead atoms. The number of nitrogens with zero attached hydrogens (tertiary/aromatic N) is 2. The Morgan fingerprint density at radius 3 is 1.78 bits per heavy atom. The molecule has 210 valence electrons. The number of hydrogen-bond donors (Lipinski definition) is 0. The summed E-state index contributed by atoms with van der Waals surface area (Å²) in [5.41, 5.74) is 7.83. The summed E-state index contributed by atoms with van der Waals surface area (Å²) in [5, 5.41) is 7.21. The van der Waals surface area contributed by atoms with E-state index in [0.29, 0.717) is 0 Å². The van der Waals surface area contributed by atoms with Gasteiger partial charge in [0.05, 0.1) is 5.69 Å². The lowest BCUT2D eigenvalue weighted by Gasteiger charge is -2.11. The Balaban J connectivity index is 1.28. The Morgan fingerprint density at radius 2 is 0.978 bits per heavy atom. The summed E-state index contributed by atoms with van der Waals surface area (Å²) in [6, 6.07) is 56.1. The fourth-order valence-corrected chi connectivity index (χ4v) is 7.72. The van der Waals surface area contributed by atoms with Crippen LogP contribution in [-0.2, 0) is 0 Å². The third-order valence-corrected chi connectivity index (χ3v) is 9.82. The molecule has 0 saturated heterocycles. The molecule has 7 aromatic carbocycles. The molecule has 0 amide bonds. The summed E-state index contributed by atoms with van der Waals surface area (Å²) >= 11 is 1.76. The second-order valence-electron chi connectivity index (χ2n) is 11.4. The first-order valence-corrected chi connectivity index (χ1v) is 16.0. The highest BCUT2D eigenvalue weighted by molar-refractivity contribution is 7.26. The lowest BCUT2D eigenvalue weighted by molar-refractivity contribution is 1.24. The number of rotatable bonds is 4. The van der Waals surface area contributed by atoms with E-state index in [1.807, 2.05) is 0 Å². The third kappa shape index (κ3) is 4.40. The Bertz CT molecular complexity index is 2540. The van der Waals surface area contributed by atoms with Crippen LogP contribution in [0.1, 0.15) is 0 Å². The van der Waals surface area contributed by atoms with Crippen LogP contribution < -0.4 is 0 Å². The van der Waals surface area contributed by atoms with Crippen molar-refractivity contribution >= 4 is 53.2 Å². The highest BCUT2D eigenvalue weighted by atomic mass is 32.1. The Kier molecular flexibility index (Phi) is 6.03. The highest BCUT2D eigenvalue weighted by Crippen LogP contribution is 2.43. The molecule has 2 heterocycles. The second kappa shape index (κ2) is 10.5. The predicted octanol–water partition coefficient (Wildman–Crippen LogP) is 11.8. The number of hydrogen-bond acceptors (Lipinski definition) is 3.